The molecule has 1 amide bonds. The molecule has 0 aliphatic rings. The second-order valence-electron chi connectivity index (χ2n) is 6.05. The Kier molecular flexibility index (Phi) is 6.19. The fourth-order valence-electron chi connectivity index (χ4n) is 2.17. The van der Waals surface area contributed by atoms with Gasteiger partial charge < -0.3 is 15.0 Å². The van der Waals surface area contributed by atoms with Gasteiger partial charge in [0.1, 0.15) is 0 Å². The summed E-state index contributed by atoms with van der Waals surface area (Å²) < 4.78 is 27.7. The molecule has 0 aliphatic heterocycles. The van der Waals surface area contributed by atoms with Crippen LogP contribution in [0.25, 0.3) is 0 Å². The largest absolute Gasteiger partial charge is 0.449 e. The molecule has 0 heterocycles. The lowest BCUT2D eigenvalue weighted by Crippen LogP contribution is -2.30. The van der Waals surface area contributed by atoms with Crippen LogP contribution in [0.2, 0.25) is 0 Å². The van der Waals surface area contributed by atoms with Crippen molar-refractivity contribution in [3.05, 3.63) is 54.1 Å². The van der Waals surface area contributed by atoms with Crippen molar-refractivity contribution in [2.75, 3.05) is 24.3 Å². The van der Waals surface area contributed by atoms with E-state index < -0.39 is 28.0 Å². The maximum Gasteiger partial charge on any atom is 0.338 e. The average Bonchev–Trinajstić information content (AvgIpc) is 2.61. The lowest BCUT2D eigenvalue weighted by molar-refractivity contribution is -0.123. The van der Waals surface area contributed by atoms with Gasteiger partial charge in [-0.1, -0.05) is 6.07 Å². The number of nitrogens with two attached hydrogens (primary N) is 1. The summed E-state index contributed by atoms with van der Waals surface area (Å²) >= 11 is 0. The third-order valence-corrected chi connectivity index (χ3v) is 4.63. The Bertz CT molecular complexity index is 940. The van der Waals surface area contributed by atoms with Gasteiger partial charge in [-0.3, -0.25) is 4.79 Å². The van der Waals surface area contributed by atoms with Gasteiger partial charge in [0.15, 0.2) is 6.10 Å². The molecule has 1 atom stereocenters. The average molecular weight is 391 g/mol. The fourth-order valence-corrected chi connectivity index (χ4v) is 2.68. The van der Waals surface area contributed by atoms with Gasteiger partial charge in [-0.25, -0.2) is 18.4 Å². The molecule has 2 rings (SSSR count). The van der Waals surface area contributed by atoms with Gasteiger partial charge in [-0.15, -0.1) is 0 Å². The van der Waals surface area contributed by atoms with Crippen LogP contribution in [-0.4, -0.2) is 40.5 Å². The molecule has 9 heteroatoms. The standard InChI is InChI=1S/C18H21N3O5S/c1-12(26-18(23)13-5-4-6-15(11-13)21(2)3)17(22)20-14-7-9-16(10-8-14)27(19,24)25/h4-12H,1-3H3,(H,20,22)(H2,19,24,25)/t12-/m0/s1. The van der Waals surface area contributed by atoms with Gasteiger partial charge in [0.25, 0.3) is 5.91 Å². The highest BCUT2D eigenvalue weighted by Crippen LogP contribution is 2.16. The van der Waals surface area contributed by atoms with Crippen LogP contribution in [0.1, 0.15) is 17.3 Å². The van der Waals surface area contributed by atoms with E-state index in [9.17, 15) is 18.0 Å². The van der Waals surface area contributed by atoms with E-state index >= 15 is 0 Å². The highest BCUT2D eigenvalue weighted by Gasteiger charge is 2.19. The number of nitrogens with zero attached hydrogens (tertiary/aromatic N) is 1. The van der Waals surface area contributed by atoms with E-state index in [4.69, 9.17) is 9.88 Å². The predicted molar refractivity (Wildman–Crippen MR) is 102 cm³/mol. The van der Waals surface area contributed by atoms with E-state index in [0.717, 1.165) is 5.69 Å². The van der Waals surface area contributed by atoms with E-state index in [1.165, 1.54) is 31.2 Å². The smallest absolute Gasteiger partial charge is 0.338 e. The SMILES string of the molecule is C[C@H](OC(=O)c1cccc(N(C)C)c1)C(=O)Nc1ccc(S(N)(=O)=O)cc1. The summed E-state index contributed by atoms with van der Waals surface area (Å²) in [4.78, 5) is 26.2. The van der Waals surface area contributed by atoms with Crippen molar-refractivity contribution < 1.29 is 22.7 Å². The summed E-state index contributed by atoms with van der Waals surface area (Å²) in [6.07, 6.45) is -1.04. The van der Waals surface area contributed by atoms with Crippen molar-refractivity contribution >= 4 is 33.3 Å². The second kappa shape index (κ2) is 8.19. The van der Waals surface area contributed by atoms with Crippen LogP contribution in [-0.2, 0) is 19.6 Å². The fraction of sp³-hybridized carbons (Fsp3) is 0.222. The number of esters is 1. The zero-order valence-electron chi connectivity index (χ0n) is 15.2. The molecule has 0 bridgehead atoms. The number of hydrogen-bond acceptors (Lipinski definition) is 6. The first kappa shape index (κ1) is 20.4. The van der Waals surface area contributed by atoms with Gasteiger partial charge in [-0.05, 0) is 49.4 Å². The van der Waals surface area contributed by atoms with E-state index in [2.05, 4.69) is 5.32 Å². The van der Waals surface area contributed by atoms with Crippen LogP contribution in [0, 0.1) is 0 Å². The number of benzene rings is 2. The summed E-state index contributed by atoms with van der Waals surface area (Å²) in [5, 5.41) is 7.57. The minimum Gasteiger partial charge on any atom is -0.449 e. The minimum absolute atomic E-state index is 0.0688. The Morgan fingerprint density at radius 2 is 1.74 bits per heavy atom. The molecule has 3 N–H and O–H groups in total. The summed E-state index contributed by atoms with van der Waals surface area (Å²) in [5.74, 6) is -1.17. The topological polar surface area (TPSA) is 119 Å². The summed E-state index contributed by atoms with van der Waals surface area (Å²) in [6, 6.07) is 12.2. The molecule has 2 aromatic rings. The third-order valence-electron chi connectivity index (χ3n) is 3.70. The number of carbonyl (C=O) groups is 2. The molecule has 2 aromatic carbocycles. The summed E-state index contributed by atoms with van der Waals surface area (Å²) in [6.45, 7) is 1.45. The normalized spacial score (nSPS) is 12.1. The van der Waals surface area contributed by atoms with E-state index in [0.29, 0.717) is 11.3 Å². The first-order valence-corrected chi connectivity index (χ1v) is 9.54. The summed E-state index contributed by atoms with van der Waals surface area (Å²) in [5.41, 5.74) is 1.51. The van der Waals surface area contributed by atoms with Gasteiger partial charge in [0, 0.05) is 25.5 Å². The molecule has 0 aliphatic carbocycles. The molecule has 0 saturated carbocycles. The Balaban J connectivity index is 2.01. The van der Waals surface area contributed by atoms with Crippen LogP contribution in [0.4, 0.5) is 11.4 Å². The Morgan fingerprint density at radius 3 is 2.30 bits per heavy atom. The Labute approximate surface area is 158 Å². The second-order valence-corrected chi connectivity index (χ2v) is 7.61. The van der Waals surface area contributed by atoms with E-state index in [1.807, 2.05) is 25.1 Å². The minimum atomic E-state index is -3.81. The quantitative estimate of drug-likeness (QED) is 0.722. The zero-order valence-corrected chi connectivity index (χ0v) is 16.0. The maximum absolute atomic E-state index is 12.2. The molecule has 0 fully saturated rings. The van der Waals surface area contributed by atoms with Crippen LogP contribution in [0.15, 0.2) is 53.4 Å². The van der Waals surface area contributed by atoms with Crippen molar-refractivity contribution in [1.29, 1.82) is 0 Å². The number of rotatable bonds is 6. The van der Waals surface area contributed by atoms with Crippen LogP contribution in [0.5, 0.6) is 0 Å². The van der Waals surface area contributed by atoms with E-state index in [-0.39, 0.29) is 4.90 Å². The first-order chi connectivity index (χ1) is 12.6. The molecule has 0 unspecified atom stereocenters. The number of amides is 1. The molecular weight excluding hydrogens is 370 g/mol. The molecule has 144 valence electrons. The number of nitrogens with one attached hydrogen (secondary N) is 1. The number of sulfonamides is 1. The molecule has 0 saturated heterocycles. The van der Waals surface area contributed by atoms with Gasteiger partial charge in [0.05, 0.1) is 10.5 Å². The third kappa shape index (κ3) is 5.53. The van der Waals surface area contributed by atoms with E-state index in [1.54, 1.807) is 18.2 Å². The number of carbonyl (C=O) groups excluding carboxylic acids is 2. The monoisotopic (exact) mass is 391 g/mol. The zero-order chi connectivity index (χ0) is 20.2. The number of hydrogen-bond donors (Lipinski definition) is 2. The summed E-state index contributed by atoms with van der Waals surface area (Å²) in [7, 11) is -0.108. The lowest BCUT2D eigenvalue weighted by atomic mass is 10.2. The Morgan fingerprint density at radius 1 is 1.11 bits per heavy atom. The molecular formula is C18H21N3O5S. The Hall–Kier alpha value is -2.91. The van der Waals surface area contributed by atoms with Crippen LogP contribution < -0.4 is 15.4 Å². The van der Waals surface area contributed by atoms with Gasteiger partial charge in [0.2, 0.25) is 10.0 Å². The van der Waals surface area contributed by atoms with Crippen molar-refractivity contribution in [3.8, 4) is 0 Å². The lowest BCUT2D eigenvalue weighted by Gasteiger charge is -2.16. The predicted octanol–water partition coefficient (Wildman–Crippen LogP) is 1.58. The number of ether oxygens (including phenoxy) is 1. The molecule has 0 spiro atoms. The maximum atomic E-state index is 12.2. The van der Waals surface area contributed by atoms with Crippen LogP contribution >= 0.6 is 0 Å². The molecule has 0 aromatic heterocycles. The highest BCUT2D eigenvalue weighted by molar-refractivity contribution is 7.89. The first-order valence-electron chi connectivity index (χ1n) is 8.00. The van der Waals surface area contributed by atoms with Crippen LogP contribution in [0.3, 0.4) is 0 Å². The van der Waals surface area contributed by atoms with Crippen molar-refractivity contribution in [3.63, 3.8) is 0 Å². The van der Waals surface area contributed by atoms with Crippen molar-refractivity contribution in [2.45, 2.75) is 17.9 Å². The van der Waals surface area contributed by atoms with Crippen molar-refractivity contribution in [2.24, 2.45) is 5.14 Å². The van der Waals surface area contributed by atoms with Crippen molar-refractivity contribution in [1.82, 2.24) is 0 Å². The molecule has 0 radical (unpaired) electrons. The van der Waals surface area contributed by atoms with Gasteiger partial charge in [-0.2, -0.15) is 0 Å². The molecule has 27 heavy (non-hydrogen) atoms. The van der Waals surface area contributed by atoms with Gasteiger partial charge >= 0.3 is 5.97 Å². The molecule has 8 nitrogen and oxygen atoms in total. The number of primary sulfonamides is 1. The number of anilines is 2. The highest BCUT2D eigenvalue weighted by atomic mass is 32.2.